The van der Waals surface area contributed by atoms with E-state index in [2.05, 4.69) is 10.3 Å². The third-order valence-electron chi connectivity index (χ3n) is 4.01. The van der Waals surface area contributed by atoms with Gasteiger partial charge in [-0.15, -0.1) is 0 Å². The predicted molar refractivity (Wildman–Crippen MR) is 98.1 cm³/mol. The Morgan fingerprint density at radius 2 is 1.60 bits per heavy atom. The fourth-order valence-corrected chi connectivity index (χ4v) is 2.79. The van der Waals surface area contributed by atoms with Crippen molar-refractivity contribution in [1.29, 1.82) is 0 Å². The second-order valence-electron chi connectivity index (χ2n) is 5.68. The van der Waals surface area contributed by atoms with Crippen molar-refractivity contribution in [3.8, 4) is 11.3 Å². The summed E-state index contributed by atoms with van der Waals surface area (Å²) in [6, 6.07) is 23.1. The number of benzene rings is 2. The van der Waals surface area contributed by atoms with Crippen LogP contribution < -0.4 is 10.3 Å². The van der Waals surface area contributed by atoms with E-state index in [1.165, 1.54) is 0 Å². The van der Waals surface area contributed by atoms with Gasteiger partial charge < -0.3 is 5.32 Å². The molecule has 4 nitrogen and oxygen atoms in total. The first kappa shape index (κ1) is 15.0. The molecule has 4 aromatic rings. The van der Waals surface area contributed by atoms with E-state index >= 15 is 0 Å². The van der Waals surface area contributed by atoms with Gasteiger partial charge in [0.25, 0.3) is 5.91 Å². The van der Waals surface area contributed by atoms with Crippen LogP contribution in [-0.4, -0.2) is 10.9 Å². The average molecular weight is 326 g/mol. The Kier molecular flexibility index (Phi) is 3.92. The summed E-state index contributed by atoms with van der Waals surface area (Å²) in [4.78, 5) is 20.5. The van der Waals surface area contributed by atoms with Crippen LogP contribution in [0.2, 0.25) is 0 Å². The van der Waals surface area contributed by atoms with Crippen LogP contribution in [0.1, 0.15) is 10.4 Å². The van der Waals surface area contributed by atoms with Crippen LogP contribution in [0.25, 0.3) is 22.2 Å². The molecule has 0 saturated heterocycles. The second-order valence-corrected chi connectivity index (χ2v) is 5.68. The van der Waals surface area contributed by atoms with Gasteiger partial charge >= 0.3 is 0 Å². The Morgan fingerprint density at radius 3 is 2.40 bits per heavy atom. The number of fused-ring (bicyclic) bond motifs is 1. The summed E-state index contributed by atoms with van der Waals surface area (Å²) < 4.78 is 0. The van der Waals surface area contributed by atoms with Crippen LogP contribution in [0, 0.1) is 0 Å². The van der Waals surface area contributed by atoms with Crippen molar-refractivity contribution < 1.29 is 9.78 Å². The number of hydrogen-bond donors (Lipinski definition) is 1. The predicted octanol–water partition coefficient (Wildman–Crippen LogP) is 3.97. The molecule has 0 spiro atoms. The zero-order chi connectivity index (χ0) is 17.1. The highest BCUT2D eigenvalue weighted by molar-refractivity contribution is 6.13. The van der Waals surface area contributed by atoms with E-state index in [0.717, 1.165) is 27.8 Å². The number of H-pyrrole nitrogens is 1. The molecule has 0 radical (unpaired) electrons. The summed E-state index contributed by atoms with van der Waals surface area (Å²) in [5.41, 5.74) is 3.92. The first-order chi connectivity index (χ1) is 12.3. The van der Waals surface area contributed by atoms with Gasteiger partial charge in [0.1, 0.15) is 0 Å². The molecule has 0 unspecified atom stereocenters. The Labute approximate surface area is 145 Å². The van der Waals surface area contributed by atoms with Crippen LogP contribution in [0.15, 0.2) is 85.2 Å². The Morgan fingerprint density at radius 1 is 0.880 bits per heavy atom. The highest BCUT2D eigenvalue weighted by Gasteiger charge is 2.14. The lowest BCUT2D eigenvalue weighted by atomic mass is 10.0. The summed E-state index contributed by atoms with van der Waals surface area (Å²) in [6.45, 7) is 0. The third kappa shape index (κ3) is 3.10. The molecule has 0 aliphatic rings. The number of amides is 1. The standard InChI is InChI=1S/C21H15N3O/c25-21(23-16-10-12-22-13-11-16)18-14-20(15-6-2-1-3-7-15)24-19-9-5-4-8-17(18)19/h1-14H,(H,22,23,25)/p+1. The average Bonchev–Trinajstić information content (AvgIpc) is 2.68. The van der Waals surface area contributed by atoms with E-state index in [4.69, 9.17) is 4.98 Å². The van der Waals surface area contributed by atoms with Crippen molar-refractivity contribution in [2.75, 3.05) is 5.32 Å². The smallest absolute Gasteiger partial charge is 0.256 e. The number of para-hydroxylation sites is 1. The van der Waals surface area contributed by atoms with Crippen molar-refractivity contribution in [3.05, 3.63) is 90.8 Å². The molecule has 0 saturated carbocycles. The Balaban J connectivity index is 1.83. The fraction of sp³-hybridized carbons (Fsp3) is 0. The normalized spacial score (nSPS) is 10.6. The number of aromatic amines is 1. The van der Waals surface area contributed by atoms with Gasteiger partial charge in [-0.05, 0) is 12.1 Å². The van der Waals surface area contributed by atoms with Gasteiger partial charge in [0, 0.05) is 23.1 Å². The van der Waals surface area contributed by atoms with Crippen LogP contribution >= 0.6 is 0 Å². The van der Waals surface area contributed by atoms with Gasteiger partial charge in [0.15, 0.2) is 12.4 Å². The fourth-order valence-electron chi connectivity index (χ4n) is 2.79. The number of nitrogens with zero attached hydrogens (tertiary/aromatic N) is 1. The molecule has 2 aromatic heterocycles. The summed E-state index contributed by atoms with van der Waals surface area (Å²) >= 11 is 0. The minimum absolute atomic E-state index is 0.151. The zero-order valence-electron chi connectivity index (χ0n) is 13.4. The third-order valence-corrected chi connectivity index (χ3v) is 4.01. The number of anilines is 1. The summed E-state index contributed by atoms with van der Waals surface area (Å²) in [5, 5.41) is 3.78. The van der Waals surface area contributed by atoms with E-state index in [1.54, 1.807) is 12.4 Å². The second kappa shape index (κ2) is 6.53. The largest absolute Gasteiger partial charge is 0.322 e. The zero-order valence-corrected chi connectivity index (χ0v) is 13.4. The number of hydrogen-bond acceptors (Lipinski definition) is 2. The summed E-state index contributed by atoms with van der Waals surface area (Å²) in [7, 11) is 0. The minimum atomic E-state index is -0.151. The maximum Gasteiger partial charge on any atom is 0.256 e. The van der Waals surface area contributed by atoms with E-state index in [1.807, 2.05) is 72.8 Å². The highest BCUT2D eigenvalue weighted by Crippen LogP contribution is 2.25. The molecule has 4 heteroatoms. The highest BCUT2D eigenvalue weighted by atomic mass is 16.1. The summed E-state index contributed by atoms with van der Waals surface area (Å²) in [6.07, 6.45) is 3.55. The summed E-state index contributed by atoms with van der Waals surface area (Å²) in [5.74, 6) is -0.151. The molecule has 2 heterocycles. The minimum Gasteiger partial charge on any atom is -0.322 e. The van der Waals surface area contributed by atoms with Gasteiger partial charge in [-0.1, -0.05) is 48.5 Å². The molecule has 0 atom stereocenters. The van der Waals surface area contributed by atoms with Crippen molar-refractivity contribution in [1.82, 2.24) is 4.98 Å². The van der Waals surface area contributed by atoms with Crippen LogP contribution in [0.3, 0.4) is 0 Å². The Hall–Kier alpha value is -3.53. The monoisotopic (exact) mass is 326 g/mol. The van der Waals surface area contributed by atoms with Gasteiger partial charge in [0.2, 0.25) is 0 Å². The SMILES string of the molecule is O=C(Nc1cc[nH+]cc1)c1cc(-c2ccccc2)nc2ccccc12. The molecule has 4 rings (SSSR count). The number of nitrogens with one attached hydrogen (secondary N) is 2. The van der Waals surface area contributed by atoms with E-state index in [-0.39, 0.29) is 5.91 Å². The van der Waals surface area contributed by atoms with E-state index in [0.29, 0.717) is 5.56 Å². The molecule has 2 aromatic carbocycles. The lowest BCUT2D eigenvalue weighted by Gasteiger charge is -2.10. The van der Waals surface area contributed by atoms with Crippen LogP contribution in [-0.2, 0) is 0 Å². The van der Waals surface area contributed by atoms with Gasteiger partial charge in [0.05, 0.1) is 22.5 Å². The van der Waals surface area contributed by atoms with Gasteiger partial charge in [-0.3, -0.25) is 4.79 Å². The lowest BCUT2D eigenvalue weighted by Crippen LogP contribution is -2.14. The lowest BCUT2D eigenvalue weighted by molar-refractivity contribution is -0.377. The number of carbonyl (C=O) groups excluding carboxylic acids is 1. The molecular weight excluding hydrogens is 310 g/mol. The molecule has 2 N–H and O–H groups in total. The molecule has 25 heavy (non-hydrogen) atoms. The number of carbonyl (C=O) groups is 1. The Bertz CT molecular complexity index is 1030. The van der Waals surface area contributed by atoms with Crippen molar-refractivity contribution >= 4 is 22.5 Å². The number of aromatic nitrogens is 2. The first-order valence-corrected chi connectivity index (χ1v) is 8.04. The van der Waals surface area contributed by atoms with Crippen molar-refractivity contribution in [2.45, 2.75) is 0 Å². The quantitative estimate of drug-likeness (QED) is 0.619. The molecule has 0 aliphatic heterocycles. The molecule has 120 valence electrons. The maximum absolute atomic E-state index is 12.9. The topological polar surface area (TPSA) is 56.1 Å². The maximum atomic E-state index is 12.9. The van der Waals surface area contributed by atoms with E-state index < -0.39 is 0 Å². The van der Waals surface area contributed by atoms with Gasteiger partial charge in [-0.2, -0.15) is 0 Å². The molecule has 0 fully saturated rings. The molecule has 0 bridgehead atoms. The number of pyridine rings is 2. The molecule has 1 amide bonds. The molecule has 0 aliphatic carbocycles. The molecular formula is C21H16N3O+. The first-order valence-electron chi connectivity index (χ1n) is 8.04. The van der Waals surface area contributed by atoms with Gasteiger partial charge in [-0.25, -0.2) is 9.97 Å². The van der Waals surface area contributed by atoms with E-state index in [9.17, 15) is 4.79 Å². The number of rotatable bonds is 3. The van der Waals surface area contributed by atoms with Crippen LogP contribution in [0.4, 0.5) is 5.69 Å². The van der Waals surface area contributed by atoms with Crippen molar-refractivity contribution in [3.63, 3.8) is 0 Å². The van der Waals surface area contributed by atoms with Crippen molar-refractivity contribution in [2.24, 2.45) is 0 Å². The van der Waals surface area contributed by atoms with Crippen LogP contribution in [0.5, 0.6) is 0 Å².